The van der Waals surface area contributed by atoms with E-state index in [9.17, 15) is 0 Å². The van der Waals surface area contributed by atoms with Gasteiger partial charge in [-0.15, -0.1) is 0 Å². The molecule has 0 bridgehead atoms. The Morgan fingerprint density at radius 2 is 0.692 bits per heavy atom. The van der Waals surface area contributed by atoms with Gasteiger partial charge >= 0.3 is 0 Å². The van der Waals surface area contributed by atoms with Crippen molar-refractivity contribution in [2.45, 2.75) is 0 Å². The average Bonchev–Trinajstić information content (AvgIpc) is 2.74. The number of nitrogens with zero attached hydrogens (tertiary/aromatic N) is 2. The van der Waals surface area contributed by atoms with Gasteiger partial charge in [0, 0.05) is 24.8 Å². The van der Waals surface area contributed by atoms with Crippen LogP contribution in [0.15, 0.2) is 110 Å². The lowest BCUT2D eigenvalue weighted by molar-refractivity contribution is 1.31. The number of benzene rings is 2. The van der Waals surface area contributed by atoms with E-state index >= 15 is 0 Å². The van der Waals surface area contributed by atoms with Crippen molar-refractivity contribution in [2.24, 2.45) is 0 Å². The van der Waals surface area contributed by atoms with Crippen molar-refractivity contribution in [3.05, 3.63) is 132 Å². The molecular formula is C24H18N2. The minimum Gasteiger partial charge on any atom is -0.265 e. The molecule has 0 N–H and O–H groups in total. The fourth-order valence-corrected chi connectivity index (χ4v) is 3.16. The van der Waals surface area contributed by atoms with Crippen molar-refractivity contribution in [2.75, 3.05) is 0 Å². The molecule has 0 unspecified atom stereocenters. The number of aromatic nitrogens is 2. The molecule has 0 atom stereocenters. The molecule has 2 aromatic carbocycles. The van der Waals surface area contributed by atoms with Gasteiger partial charge in [0.05, 0.1) is 0 Å². The fraction of sp³-hybridized carbons (Fsp3) is 0. The molecular weight excluding hydrogens is 316 g/mol. The molecule has 0 radical (unpaired) electrons. The van der Waals surface area contributed by atoms with Crippen LogP contribution >= 0.6 is 0 Å². The highest BCUT2D eigenvalue weighted by Crippen LogP contribution is 2.36. The molecule has 124 valence electrons. The number of rotatable bonds is 4. The van der Waals surface area contributed by atoms with Gasteiger partial charge in [0.2, 0.25) is 0 Å². The highest BCUT2D eigenvalue weighted by Gasteiger charge is 2.15. The maximum Gasteiger partial charge on any atom is 0.0273 e. The first kappa shape index (κ1) is 16.0. The number of pyridine rings is 2. The standard InChI is InChI=1S/C24H18N2/c1-3-7-19(8-4-1)23(21-11-15-25-16-12-21)24(20-9-5-2-6-10-20)22-13-17-26-18-14-22/h1-18H/b24-23-. The van der Waals surface area contributed by atoms with Gasteiger partial charge < -0.3 is 0 Å². The Labute approximate surface area is 153 Å². The molecule has 4 rings (SSSR count). The third kappa shape index (κ3) is 3.31. The molecule has 0 amide bonds. The van der Waals surface area contributed by atoms with Crippen LogP contribution in [0, 0.1) is 0 Å². The predicted octanol–water partition coefficient (Wildman–Crippen LogP) is 5.48. The quantitative estimate of drug-likeness (QED) is 0.462. The Morgan fingerprint density at radius 3 is 1.04 bits per heavy atom. The minimum atomic E-state index is 1.14. The Hall–Kier alpha value is -3.52. The maximum absolute atomic E-state index is 4.19. The van der Waals surface area contributed by atoms with Crippen LogP contribution in [0.4, 0.5) is 0 Å². The molecule has 26 heavy (non-hydrogen) atoms. The third-order valence-corrected chi connectivity index (χ3v) is 4.31. The van der Waals surface area contributed by atoms with Gasteiger partial charge in [-0.3, -0.25) is 9.97 Å². The molecule has 0 fully saturated rings. The van der Waals surface area contributed by atoms with E-state index < -0.39 is 0 Å². The first-order valence-corrected chi connectivity index (χ1v) is 8.59. The van der Waals surface area contributed by atoms with Crippen molar-refractivity contribution in [1.82, 2.24) is 9.97 Å². The first-order chi connectivity index (χ1) is 12.9. The Bertz CT molecular complexity index is 825. The third-order valence-electron chi connectivity index (χ3n) is 4.31. The van der Waals surface area contributed by atoms with E-state index in [0.717, 1.165) is 11.1 Å². The lowest BCUT2D eigenvalue weighted by atomic mass is 9.86. The average molecular weight is 334 g/mol. The summed E-state index contributed by atoms with van der Waals surface area (Å²) in [5, 5.41) is 0. The summed E-state index contributed by atoms with van der Waals surface area (Å²) in [4.78, 5) is 8.39. The lowest BCUT2D eigenvalue weighted by Gasteiger charge is -2.17. The van der Waals surface area contributed by atoms with E-state index in [1.807, 2.05) is 36.9 Å². The molecule has 0 aliphatic rings. The van der Waals surface area contributed by atoms with E-state index in [1.165, 1.54) is 22.3 Å². The predicted molar refractivity (Wildman–Crippen MR) is 106 cm³/mol. The zero-order chi connectivity index (χ0) is 17.6. The molecule has 2 nitrogen and oxygen atoms in total. The van der Waals surface area contributed by atoms with Crippen LogP contribution in [-0.4, -0.2) is 9.97 Å². The van der Waals surface area contributed by atoms with Crippen LogP contribution in [0.1, 0.15) is 22.3 Å². The van der Waals surface area contributed by atoms with Crippen LogP contribution < -0.4 is 0 Å². The smallest absolute Gasteiger partial charge is 0.0273 e. The van der Waals surface area contributed by atoms with Crippen molar-refractivity contribution in [3.8, 4) is 0 Å². The maximum atomic E-state index is 4.19. The summed E-state index contributed by atoms with van der Waals surface area (Å²) in [7, 11) is 0. The van der Waals surface area contributed by atoms with Crippen molar-refractivity contribution in [1.29, 1.82) is 0 Å². The zero-order valence-electron chi connectivity index (χ0n) is 14.3. The van der Waals surface area contributed by atoms with E-state index in [4.69, 9.17) is 0 Å². The van der Waals surface area contributed by atoms with E-state index in [1.54, 1.807) is 0 Å². The molecule has 0 aliphatic carbocycles. The molecule has 2 aromatic heterocycles. The normalized spacial score (nSPS) is 11.7. The fourth-order valence-electron chi connectivity index (χ4n) is 3.16. The molecule has 0 saturated heterocycles. The molecule has 2 heteroatoms. The molecule has 0 saturated carbocycles. The molecule has 0 aliphatic heterocycles. The van der Waals surface area contributed by atoms with Gasteiger partial charge in [-0.1, -0.05) is 60.7 Å². The zero-order valence-corrected chi connectivity index (χ0v) is 14.3. The summed E-state index contributed by atoms with van der Waals surface area (Å²) in [6.45, 7) is 0. The minimum absolute atomic E-state index is 1.14. The van der Waals surface area contributed by atoms with Gasteiger partial charge in [0.15, 0.2) is 0 Å². The number of hydrogen-bond acceptors (Lipinski definition) is 2. The van der Waals surface area contributed by atoms with Crippen LogP contribution in [0.25, 0.3) is 11.1 Å². The summed E-state index contributed by atoms with van der Waals surface area (Å²) in [6.07, 6.45) is 7.36. The summed E-state index contributed by atoms with van der Waals surface area (Å²) in [6, 6.07) is 29.2. The molecule has 0 spiro atoms. The van der Waals surface area contributed by atoms with Crippen LogP contribution in [0.5, 0.6) is 0 Å². The Balaban J connectivity index is 2.09. The van der Waals surface area contributed by atoms with E-state index in [-0.39, 0.29) is 0 Å². The topological polar surface area (TPSA) is 25.8 Å². The second-order valence-electron chi connectivity index (χ2n) is 5.95. The SMILES string of the molecule is c1ccc(/C(=C(\c2ccccc2)c2ccncc2)c2ccncc2)cc1. The number of hydrogen-bond donors (Lipinski definition) is 0. The van der Waals surface area contributed by atoms with Crippen LogP contribution in [0.3, 0.4) is 0 Å². The van der Waals surface area contributed by atoms with Crippen LogP contribution in [-0.2, 0) is 0 Å². The summed E-state index contributed by atoms with van der Waals surface area (Å²) in [5.74, 6) is 0. The van der Waals surface area contributed by atoms with E-state index in [2.05, 4.69) is 82.8 Å². The highest BCUT2D eigenvalue weighted by atomic mass is 14.6. The van der Waals surface area contributed by atoms with E-state index in [0.29, 0.717) is 0 Å². The van der Waals surface area contributed by atoms with Gasteiger partial charge in [-0.2, -0.15) is 0 Å². The monoisotopic (exact) mass is 334 g/mol. The second kappa shape index (κ2) is 7.58. The summed E-state index contributed by atoms with van der Waals surface area (Å²) < 4.78 is 0. The summed E-state index contributed by atoms with van der Waals surface area (Å²) >= 11 is 0. The van der Waals surface area contributed by atoms with Crippen molar-refractivity contribution in [3.63, 3.8) is 0 Å². The summed E-state index contributed by atoms with van der Waals surface area (Å²) in [5.41, 5.74) is 7.00. The highest BCUT2D eigenvalue weighted by molar-refractivity contribution is 6.04. The largest absolute Gasteiger partial charge is 0.265 e. The van der Waals surface area contributed by atoms with Gasteiger partial charge in [0.25, 0.3) is 0 Å². The molecule has 4 aromatic rings. The van der Waals surface area contributed by atoms with Gasteiger partial charge in [-0.25, -0.2) is 0 Å². The van der Waals surface area contributed by atoms with Gasteiger partial charge in [0.1, 0.15) is 0 Å². The van der Waals surface area contributed by atoms with Crippen molar-refractivity contribution < 1.29 is 0 Å². The molecule has 2 heterocycles. The van der Waals surface area contributed by atoms with Crippen LogP contribution in [0.2, 0.25) is 0 Å². The first-order valence-electron chi connectivity index (χ1n) is 8.59. The Morgan fingerprint density at radius 1 is 0.385 bits per heavy atom. The second-order valence-corrected chi connectivity index (χ2v) is 5.95. The lowest BCUT2D eigenvalue weighted by Crippen LogP contribution is -1.97. The Kier molecular flexibility index (Phi) is 4.66. The van der Waals surface area contributed by atoms with Crippen molar-refractivity contribution >= 4 is 11.1 Å². The van der Waals surface area contributed by atoms with Gasteiger partial charge in [-0.05, 0) is 57.7 Å².